The lowest BCUT2D eigenvalue weighted by Crippen LogP contribution is -2.47. The molecule has 1 N–H and O–H groups in total. The number of halogens is 1. The largest absolute Gasteiger partial charge is 0.507 e. The molecule has 1 unspecified atom stereocenters. The number of aromatic hydroxyl groups is 1. The summed E-state index contributed by atoms with van der Waals surface area (Å²) in [5, 5.41) is 14.6. The Morgan fingerprint density at radius 1 is 1.06 bits per heavy atom. The maximum absolute atomic E-state index is 13.2. The molecule has 0 aliphatic carbocycles. The number of hydrogen-bond acceptors (Lipinski definition) is 6. The number of rotatable bonds is 6. The van der Waals surface area contributed by atoms with Crippen LogP contribution in [0, 0.1) is 6.92 Å². The summed E-state index contributed by atoms with van der Waals surface area (Å²) >= 11 is 6.25. The van der Waals surface area contributed by atoms with Crippen LogP contribution < -0.4 is 0 Å². The predicted molar refractivity (Wildman–Crippen MR) is 143 cm³/mol. The number of fused-ring (bicyclic) bond motifs is 3. The van der Waals surface area contributed by atoms with Crippen molar-refractivity contribution in [2.75, 3.05) is 39.3 Å². The van der Waals surface area contributed by atoms with Crippen LogP contribution >= 0.6 is 11.6 Å². The van der Waals surface area contributed by atoms with Crippen molar-refractivity contribution in [1.82, 2.24) is 9.80 Å². The molecule has 0 saturated carbocycles. The first-order valence-electron chi connectivity index (χ1n) is 12.5. The molecule has 5 rings (SSSR count). The lowest BCUT2D eigenvalue weighted by molar-refractivity contribution is 0.0526. The van der Waals surface area contributed by atoms with Crippen molar-refractivity contribution in [3.05, 3.63) is 76.0 Å². The molecule has 0 bridgehead atoms. The Morgan fingerprint density at radius 3 is 2.36 bits per heavy atom. The van der Waals surface area contributed by atoms with Crippen molar-refractivity contribution in [3.8, 4) is 5.75 Å². The van der Waals surface area contributed by atoms with E-state index >= 15 is 0 Å². The molecular formula is C29H31ClN2O4. The van der Waals surface area contributed by atoms with E-state index in [0.717, 1.165) is 43.7 Å². The molecule has 36 heavy (non-hydrogen) atoms. The van der Waals surface area contributed by atoms with E-state index in [4.69, 9.17) is 20.8 Å². The molecule has 0 radical (unpaired) electrons. The summed E-state index contributed by atoms with van der Waals surface area (Å²) in [6, 6.07) is 15.0. The third kappa shape index (κ3) is 4.23. The van der Waals surface area contributed by atoms with Crippen LogP contribution in [0.5, 0.6) is 5.75 Å². The van der Waals surface area contributed by atoms with E-state index in [1.165, 1.54) is 0 Å². The van der Waals surface area contributed by atoms with Crippen LogP contribution in [0.15, 0.2) is 52.9 Å². The first-order valence-corrected chi connectivity index (χ1v) is 12.9. The highest BCUT2D eigenvalue weighted by Crippen LogP contribution is 2.47. The fourth-order valence-corrected chi connectivity index (χ4v) is 5.53. The van der Waals surface area contributed by atoms with Gasteiger partial charge in [-0.25, -0.2) is 4.79 Å². The first-order chi connectivity index (χ1) is 17.4. The Hall–Kier alpha value is -3.06. The van der Waals surface area contributed by atoms with Crippen LogP contribution in [0.2, 0.25) is 5.02 Å². The summed E-state index contributed by atoms with van der Waals surface area (Å²) in [6.45, 7) is 10.5. The summed E-state index contributed by atoms with van der Waals surface area (Å²) < 4.78 is 11.7. The second-order valence-corrected chi connectivity index (χ2v) is 9.63. The predicted octanol–water partition coefficient (Wildman–Crippen LogP) is 6.16. The molecule has 1 fully saturated rings. The number of phenols is 1. The standard InChI is InChI=1S/C29H31ClN2O4/c1-4-31-14-16-32(17-15-31)26(19-10-12-20(30)13-11-19)25-24-23(29(34)35-5-2)18(3)36-28(24)22-9-7-6-8-21(22)27(25)33/h6-13,26,33H,4-5,14-17H2,1-3H3. The quantitative estimate of drug-likeness (QED) is 0.316. The number of likely N-dealkylation sites (N-methyl/N-ethyl adjacent to an activating group) is 1. The van der Waals surface area contributed by atoms with Crippen molar-refractivity contribution in [1.29, 1.82) is 0 Å². The Kier molecular flexibility index (Phi) is 6.93. The average Bonchev–Trinajstić information content (AvgIpc) is 3.24. The van der Waals surface area contributed by atoms with E-state index in [2.05, 4.69) is 16.7 Å². The number of phenolic OH excluding ortho intramolecular Hbond substituents is 1. The van der Waals surface area contributed by atoms with Crippen LogP contribution in [0.25, 0.3) is 21.7 Å². The maximum Gasteiger partial charge on any atom is 0.342 e. The monoisotopic (exact) mass is 506 g/mol. The van der Waals surface area contributed by atoms with E-state index < -0.39 is 5.97 Å². The number of benzene rings is 3. The molecule has 7 heteroatoms. The van der Waals surface area contributed by atoms with Crippen LogP contribution in [0.3, 0.4) is 0 Å². The third-order valence-corrected chi connectivity index (χ3v) is 7.45. The van der Waals surface area contributed by atoms with Crippen LogP contribution in [-0.2, 0) is 4.74 Å². The van der Waals surface area contributed by atoms with Crippen LogP contribution in [-0.4, -0.2) is 60.2 Å². The van der Waals surface area contributed by atoms with E-state index in [-0.39, 0.29) is 18.4 Å². The Balaban J connectivity index is 1.83. The number of hydrogen-bond donors (Lipinski definition) is 1. The number of piperazine rings is 1. The van der Waals surface area contributed by atoms with E-state index in [9.17, 15) is 9.90 Å². The highest BCUT2D eigenvalue weighted by Gasteiger charge is 2.34. The fourth-order valence-electron chi connectivity index (χ4n) is 5.40. The summed E-state index contributed by atoms with van der Waals surface area (Å²) in [5.74, 6) is 0.184. The number of carbonyl (C=O) groups is 1. The van der Waals surface area contributed by atoms with Gasteiger partial charge < -0.3 is 19.2 Å². The minimum atomic E-state index is -0.449. The van der Waals surface area contributed by atoms with Crippen molar-refractivity contribution in [3.63, 3.8) is 0 Å². The topological polar surface area (TPSA) is 66.2 Å². The lowest BCUT2D eigenvalue weighted by atomic mass is 9.88. The van der Waals surface area contributed by atoms with Gasteiger partial charge in [0.1, 0.15) is 22.7 Å². The molecular weight excluding hydrogens is 476 g/mol. The second kappa shape index (κ2) is 10.1. The lowest BCUT2D eigenvalue weighted by Gasteiger charge is -2.40. The SMILES string of the molecule is CCOC(=O)c1c(C)oc2c1c(C(c1ccc(Cl)cc1)N1CCN(CC)CC1)c(O)c1ccccc12. The molecule has 4 aromatic rings. The number of nitrogens with zero attached hydrogens (tertiary/aromatic N) is 2. The molecule has 0 amide bonds. The van der Waals surface area contributed by atoms with Gasteiger partial charge in [-0.2, -0.15) is 0 Å². The molecule has 0 spiro atoms. The molecule has 1 atom stereocenters. The number of ether oxygens (including phenoxy) is 1. The van der Waals surface area contributed by atoms with E-state index in [1.54, 1.807) is 13.8 Å². The summed E-state index contributed by atoms with van der Waals surface area (Å²) in [4.78, 5) is 18.0. The fraction of sp³-hybridized carbons (Fsp3) is 0.345. The van der Waals surface area contributed by atoms with Gasteiger partial charge in [0.2, 0.25) is 0 Å². The zero-order valence-electron chi connectivity index (χ0n) is 20.9. The van der Waals surface area contributed by atoms with Gasteiger partial charge in [0, 0.05) is 52.9 Å². The smallest absolute Gasteiger partial charge is 0.342 e. The van der Waals surface area contributed by atoms with Crippen molar-refractivity contribution >= 4 is 39.3 Å². The highest BCUT2D eigenvalue weighted by molar-refractivity contribution is 6.30. The summed E-state index contributed by atoms with van der Waals surface area (Å²) in [7, 11) is 0. The molecule has 2 heterocycles. The van der Waals surface area contributed by atoms with Gasteiger partial charge >= 0.3 is 5.97 Å². The normalized spacial score (nSPS) is 16.0. The highest BCUT2D eigenvalue weighted by atomic mass is 35.5. The van der Waals surface area contributed by atoms with Gasteiger partial charge in [-0.05, 0) is 38.1 Å². The van der Waals surface area contributed by atoms with Gasteiger partial charge in [0.05, 0.1) is 12.6 Å². The molecule has 6 nitrogen and oxygen atoms in total. The Bertz CT molecular complexity index is 1400. The van der Waals surface area contributed by atoms with Crippen molar-refractivity contribution < 1.29 is 19.1 Å². The van der Waals surface area contributed by atoms with Gasteiger partial charge in [-0.15, -0.1) is 0 Å². The Labute approximate surface area is 216 Å². The molecule has 3 aromatic carbocycles. The number of carbonyl (C=O) groups excluding carboxylic acids is 1. The minimum Gasteiger partial charge on any atom is -0.507 e. The molecule has 1 aliphatic heterocycles. The number of aryl methyl sites for hydroxylation is 1. The van der Waals surface area contributed by atoms with Gasteiger partial charge in [-0.1, -0.05) is 54.9 Å². The third-order valence-electron chi connectivity index (χ3n) is 7.19. The van der Waals surface area contributed by atoms with Gasteiger partial charge in [-0.3, -0.25) is 4.90 Å². The van der Waals surface area contributed by atoms with Crippen LogP contribution in [0.1, 0.15) is 47.1 Å². The second-order valence-electron chi connectivity index (χ2n) is 9.19. The van der Waals surface area contributed by atoms with Gasteiger partial charge in [0.15, 0.2) is 0 Å². The van der Waals surface area contributed by atoms with E-state index in [0.29, 0.717) is 38.3 Å². The Morgan fingerprint density at radius 2 is 1.72 bits per heavy atom. The van der Waals surface area contributed by atoms with Crippen LogP contribution in [0.4, 0.5) is 0 Å². The number of furan rings is 1. The van der Waals surface area contributed by atoms with Gasteiger partial charge in [0.25, 0.3) is 0 Å². The van der Waals surface area contributed by atoms with Crippen molar-refractivity contribution in [2.45, 2.75) is 26.8 Å². The minimum absolute atomic E-state index is 0.155. The summed E-state index contributed by atoms with van der Waals surface area (Å²) in [5.41, 5.74) is 2.61. The molecule has 188 valence electrons. The maximum atomic E-state index is 13.2. The molecule has 1 aliphatic rings. The zero-order chi connectivity index (χ0) is 25.4. The number of esters is 1. The van der Waals surface area contributed by atoms with Crippen molar-refractivity contribution in [2.24, 2.45) is 0 Å². The summed E-state index contributed by atoms with van der Waals surface area (Å²) in [6.07, 6.45) is 0. The molecule has 1 aromatic heterocycles. The van der Waals surface area contributed by atoms with E-state index in [1.807, 2.05) is 48.5 Å². The zero-order valence-corrected chi connectivity index (χ0v) is 21.6. The average molecular weight is 507 g/mol. The first kappa shape index (κ1) is 24.6. The molecule has 1 saturated heterocycles.